The molecule has 0 radical (unpaired) electrons. The summed E-state index contributed by atoms with van der Waals surface area (Å²) in [5.41, 5.74) is 7.15. The Labute approximate surface area is 116 Å². The number of nitro benzene ring substituents is 1. The van der Waals surface area contributed by atoms with Gasteiger partial charge in [-0.1, -0.05) is 12.1 Å². The fourth-order valence-electron chi connectivity index (χ4n) is 1.76. The summed E-state index contributed by atoms with van der Waals surface area (Å²) in [7, 11) is 0. The fourth-order valence-corrected chi connectivity index (χ4v) is 1.76. The van der Waals surface area contributed by atoms with Crippen molar-refractivity contribution in [2.75, 3.05) is 6.61 Å². The maximum absolute atomic E-state index is 10.9. The molecular weight excluding hydrogens is 258 g/mol. The molecule has 104 valence electrons. The number of rotatable bonds is 6. The zero-order valence-electron chi connectivity index (χ0n) is 10.9. The number of nitrogens with two attached hydrogens (primary N) is 1. The summed E-state index contributed by atoms with van der Waals surface area (Å²) in [5.74, 6) is 0.244. The van der Waals surface area contributed by atoms with Gasteiger partial charge in [-0.15, -0.1) is 0 Å². The van der Waals surface area contributed by atoms with Crippen LogP contribution in [0, 0.1) is 10.1 Å². The van der Waals surface area contributed by atoms with Crippen molar-refractivity contribution in [1.29, 1.82) is 0 Å². The lowest BCUT2D eigenvalue weighted by molar-refractivity contribution is -0.385. The van der Waals surface area contributed by atoms with Gasteiger partial charge in [-0.05, 0) is 23.8 Å². The van der Waals surface area contributed by atoms with Crippen LogP contribution < -0.4 is 10.5 Å². The van der Waals surface area contributed by atoms with Gasteiger partial charge in [0.2, 0.25) is 0 Å². The summed E-state index contributed by atoms with van der Waals surface area (Å²) in [4.78, 5) is 14.6. The third kappa shape index (κ3) is 3.52. The van der Waals surface area contributed by atoms with E-state index in [9.17, 15) is 10.1 Å². The summed E-state index contributed by atoms with van der Waals surface area (Å²) < 4.78 is 5.51. The van der Waals surface area contributed by atoms with E-state index in [0.717, 1.165) is 11.3 Å². The minimum atomic E-state index is -0.462. The first-order valence-corrected chi connectivity index (χ1v) is 6.21. The first-order valence-electron chi connectivity index (χ1n) is 6.21. The molecule has 0 aliphatic carbocycles. The number of ether oxygens (including phenoxy) is 1. The van der Waals surface area contributed by atoms with Crippen LogP contribution in [0.2, 0.25) is 0 Å². The van der Waals surface area contributed by atoms with Crippen LogP contribution in [-0.2, 0) is 13.0 Å². The molecule has 0 fully saturated rings. The standard InChI is InChI=1S/C14H15N3O3/c15-10-11-4-5-13(17(18)19)14(9-11)20-8-6-12-3-1-2-7-16-12/h1-5,7,9H,6,8,10,15H2. The lowest BCUT2D eigenvalue weighted by atomic mass is 10.2. The monoisotopic (exact) mass is 273 g/mol. The average molecular weight is 273 g/mol. The van der Waals surface area contributed by atoms with Crippen molar-refractivity contribution in [3.8, 4) is 5.75 Å². The van der Waals surface area contributed by atoms with Gasteiger partial charge in [-0.25, -0.2) is 0 Å². The van der Waals surface area contributed by atoms with Crippen LogP contribution in [0.1, 0.15) is 11.3 Å². The highest BCUT2D eigenvalue weighted by atomic mass is 16.6. The predicted octanol–water partition coefficient (Wildman–Crippen LogP) is 2.07. The van der Waals surface area contributed by atoms with E-state index in [-0.39, 0.29) is 11.4 Å². The summed E-state index contributed by atoms with van der Waals surface area (Å²) >= 11 is 0. The van der Waals surface area contributed by atoms with Gasteiger partial charge in [0.1, 0.15) is 0 Å². The van der Waals surface area contributed by atoms with Crippen LogP contribution in [0.25, 0.3) is 0 Å². The van der Waals surface area contributed by atoms with Gasteiger partial charge in [0.05, 0.1) is 11.5 Å². The molecule has 0 aliphatic heterocycles. The number of nitrogens with zero attached hydrogens (tertiary/aromatic N) is 2. The quantitative estimate of drug-likeness (QED) is 0.642. The van der Waals surface area contributed by atoms with Gasteiger partial charge in [-0.3, -0.25) is 15.1 Å². The second-order valence-electron chi connectivity index (χ2n) is 4.18. The van der Waals surface area contributed by atoms with Crippen molar-refractivity contribution in [1.82, 2.24) is 4.98 Å². The lowest BCUT2D eigenvalue weighted by Crippen LogP contribution is -2.06. The van der Waals surface area contributed by atoms with Gasteiger partial charge in [0.15, 0.2) is 5.75 Å². The molecule has 6 heteroatoms. The molecule has 0 amide bonds. The van der Waals surface area contributed by atoms with E-state index in [1.165, 1.54) is 6.07 Å². The number of pyridine rings is 1. The SMILES string of the molecule is NCc1ccc([N+](=O)[O-])c(OCCc2ccccn2)c1. The smallest absolute Gasteiger partial charge is 0.310 e. The Kier molecular flexibility index (Phi) is 4.62. The van der Waals surface area contributed by atoms with Gasteiger partial charge in [0.25, 0.3) is 0 Å². The number of benzene rings is 1. The van der Waals surface area contributed by atoms with Crippen molar-refractivity contribution in [3.63, 3.8) is 0 Å². The molecule has 1 aromatic carbocycles. The number of aromatic nitrogens is 1. The maximum Gasteiger partial charge on any atom is 0.310 e. The summed E-state index contributed by atoms with van der Waals surface area (Å²) in [5, 5.41) is 10.9. The maximum atomic E-state index is 10.9. The van der Waals surface area contributed by atoms with E-state index in [4.69, 9.17) is 10.5 Å². The Morgan fingerprint density at radius 1 is 1.30 bits per heavy atom. The third-order valence-corrected chi connectivity index (χ3v) is 2.80. The van der Waals surface area contributed by atoms with Crippen LogP contribution in [-0.4, -0.2) is 16.5 Å². The average Bonchev–Trinajstić information content (AvgIpc) is 2.48. The highest BCUT2D eigenvalue weighted by Crippen LogP contribution is 2.27. The Bertz CT molecular complexity index is 587. The molecule has 2 aromatic rings. The van der Waals surface area contributed by atoms with Gasteiger partial charge in [-0.2, -0.15) is 0 Å². The molecule has 6 nitrogen and oxygen atoms in total. The molecule has 1 aromatic heterocycles. The number of hydrogen-bond acceptors (Lipinski definition) is 5. The van der Waals surface area contributed by atoms with E-state index in [1.54, 1.807) is 18.3 Å². The largest absolute Gasteiger partial charge is 0.486 e. The van der Waals surface area contributed by atoms with Gasteiger partial charge >= 0.3 is 5.69 Å². The van der Waals surface area contributed by atoms with Gasteiger partial charge < -0.3 is 10.5 Å². The van der Waals surface area contributed by atoms with Crippen molar-refractivity contribution in [2.24, 2.45) is 5.73 Å². The van der Waals surface area contributed by atoms with Crippen molar-refractivity contribution in [2.45, 2.75) is 13.0 Å². The molecule has 0 saturated carbocycles. The third-order valence-electron chi connectivity index (χ3n) is 2.80. The van der Waals surface area contributed by atoms with E-state index in [1.807, 2.05) is 18.2 Å². The minimum absolute atomic E-state index is 0.0526. The molecule has 0 bridgehead atoms. The lowest BCUT2D eigenvalue weighted by Gasteiger charge is -2.08. The van der Waals surface area contributed by atoms with Crippen molar-refractivity contribution in [3.05, 3.63) is 64.0 Å². The van der Waals surface area contributed by atoms with Crippen LogP contribution in [0.5, 0.6) is 5.75 Å². The topological polar surface area (TPSA) is 91.3 Å². The summed E-state index contributed by atoms with van der Waals surface area (Å²) in [6.07, 6.45) is 2.29. The fraction of sp³-hybridized carbons (Fsp3) is 0.214. The van der Waals surface area contributed by atoms with E-state index < -0.39 is 4.92 Å². The van der Waals surface area contributed by atoms with Crippen molar-refractivity contribution >= 4 is 5.69 Å². The molecule has 2 N–H and O–H groups in total. The molecule has 0 unspecified atom stereocenters. The molecule has 0 aliphatic rings. The molecular formula is C14H15N3O3. The zero-order valence-corrected chi connectivity index (χ0v) is 10.9. The van der Waals surface area contributed by atoms with Gasteiger partial charge in [0, 0.05) is 30.9 Å². The van der Waals surface area contributed by atoms with E-state index in [0.29, 0.717) is 19.6 Å². The molecule has 0 saturated heterocycles. The molecule has 20 heavy (non-hydrogen) atoms. The first kappa shape index (κ1) is 14.0. The van der Waals surface area contributed by atoms with Crippen LogP contribution in [0.15, 0.2) is 42.6 Å². The Morgan fingerprint density at radius 3 is 2.80 bits per heavy atom. The highest BCUT2D eigenvalue weighted by molar-refractivity contribution is 5.48. The van der Waals surface area contributed by atoms with E-state index >= 15 is 0 Å². The molecule has 0 spiro atoms. The molecule has 2 rings (SSSR count). The van der Waals surface area contributed by atoms with Crippen LogP contribution in [0.4, 0.5) is 5.69 Å². The van der Waals surface area contributed by atoms with E-state index in [2.05, 4.69) is 4.98 Å². The van der Waals surface area contributed by atoms with Crippen LogP contribution in [0.3, 0.4) is 0 Å². The predicted molar refractivity (Wildman–Crippen MR) is 74.4 cm³/mol. The minimum Gasteiger partial charge on any atom is -0.486 e. The van der Waals surface area contributed by atoms with Crippen molar-refractivity contribution < 1.29 is 9.66 Å². The molecule has 1 heterocycles. The first-order chi connectivity index (χ1) is 9.70. The second kappa shape index (κ2) is 6.63. The normalized spacial score (nSPS) is 10.2. The second-order valence-corrected chi connectivity index (χ2v) is 4.18. The zero-order chi connectivity index (χ0) is 14.4. The highest BCUT2D eigenvalue weighted by Gasteiger charge is 2.15. The Balaban J connectivity index is 2.06. The molecule has 0 atom stereocenters. The summed E-state index contributed by atoms with van der Waals surface area (Å²) in [6.45, 7) is 0.639. The Morgan fingerprint density at radius 2 is 2.15 bits per heavy atom. The number of hydrogen-bond donors (Lipinski definition) is 1. The number of nitro groups is 1. The Hall–Kier alpha value is -2.47. The van der Waals surface area contributed by atoms with Crippen LogP contribution >= 0.6 is 0 Å². The summed E-state index contributed by atoms with van der Waals surface area (Å²) in [6, 6.07) is 10.3.